The van der Waals surface area contributed by atoms with Crippen molar-refractivity contribution in [3.8, 4) is 5.75 Å². The highest BCUT2D eigenvalue weighted by Gasteiger charge is 2.27. The largest absolute Gasteiger partial charge is 0.483 e. The molecule has 1 fully saturated rings. The summed E-state index contributed by atoms with van der Waals surface area (Å²) in [6.07, 6.45) is 3.47. The van der Waals surface area contributed by atoms with Crippen molar-refractivity contribution in [2.24, 2.45) is 17.6 Å². The topological polar surface area (TPSA) is 105 Å². The Morgan fingerprint density at radius 2 is 1.96 bits per heavy atom. The molecular formula is C18H26N4O3S. The fourth-order valence-corrected chi connectivity index (χ4v) is 3.29. The van der Waals surface area contributed by atoms with Gasteiger partial charge in [0, 0.05) is 6.04 Å². The van der Waals surface area contributed by atoms with Gasteiger partial charge < -0.3 is 15.8 Å². The zero-order valence-electron chi connectivity index (χ0n) is 15.1. The van der Waals surface area contributed by atoms with E-state index in [4.69, 9.17) is 22.7 Å². The summed E-state index contributed by atoms with van der Waals surface area (Å²) in [5.41, 5.74) is 10.7. The van der Waals surface area contributed by atoms with Crippen LogP contribution in [0.25, 0.3) is 0 Å². The number of carbonyl (C=O) groups excluding carboxylic acids is 2. The molecule has 1 aliphatic carbocycles. The van der Waals surface area contributed by atoms with Gasteiger partial charge in [-0.15, -0.1) is 0 Å². The van der Waals surface area contributed by atoms with Crippen molar-refractivity contribution >= 4 is 29.1 Å². The second kappa shape index (κ2) is 9.38. The van der Waals surface area contributed by atoms with E-state index in [9.17, 15) is 9.59 Å². The van der Waals surface area contributed by atoms with Crippen molar-refractivity contribution in [1.82, 2.24) is 16.2 Å². The van der Waals surface area contributed by atoms with E-state index in [1.165, 1.54) is 12.8 Å². The molecule has 0 radical (unpaired) electrons. The fraction of sp³-hybridized carbons (Fsp3) is 0.500. The number of nitrogens with one attached hydrogen (secondary N) is 3. The van der Waals surface area contributed by atoms with Crippen LogP contribution in [-0.4, -0.2) is 29.6 Å². The monoisotopic (exact) mass is 378 g/mol. The van der Waals surface area contributed by atoms with Gasteiger partial charge in [-0.2, -0.15) is 0 Å². The quantitative estimate of drug-likeness (QED) is 0.457. The van der Waals surface area contributed by atoms with Gasteiger partial charge in [0.25, 0.3) is 11.8 Å². The Morgan fingerprint density at radius 1 is 1.23 bits per heavy atom. The number of hydrogen-bond donors (Lipinski definition) is 4. The molecule has 1 aliphatic rings. The first-order chi connectivity index (χ1) is 12.4. The van der Waals surface area contributed by atoms with Gasteiger partial charge in [0.2, 0.25) is 0 Å². The maximum Gasteiger partial charge on any atom is 0.276 e. The number of nitrogens with two attached hydrogens (primary N) is 1. The van der Waals surface area contributed by atoms with Crippen molar-refractivity contribution < 1.29 is 14.3 Å². The first kappa shape index (κ1) is 20.0. The lowest BCUT2D eigenvalue weighted by Gasteiger charge is -2.35. The lowest BCUT2D eigenvalue weighted by molar-refractivity contribution is -0.123. The Bertz CT molecular complexity index is 668. The average Bonchev–Trinajstić information content (AvgIpc) is 2.62. The molecule has 0 heterocycles. The lowest BCUT2D eigenvalue weighted by Crippen LogP contribution is -2.53. The van der Waals surface area contributed by atoms with E-state index in [-0.39, 0.29) is 17.9 Å². The van der Waals surface area contributed by atoms with Gasteiger partial charge in [-0.05, 0) is 42.6 Å². The third-order valence-corrected chi connectivity index (χ3v) is 5.07. The Kier molecular flexibility index (Phi) is 7.20. The van der Waals surface area contributed by atoms with Crippen LogP contribution in [0, 0.1) is 11.8 Å². The van der Waals surface area contributed by atoms with Crippen LogP contribution >= 0.6 is 12.2 Å². The first-order valence-electron chi connectivity index (χ1n) is 8.75. The molecule has 5 N–H and O–H groups in total. The number of ether oxygens (including phenoxy) is 1. The molecular weight excluding hydrogens is 352 g/mol. The van der Waals surface area contributed by atoms with E-state index < -0.39 is 11.8 Å². The number of thiocarbonyl (C=S) groups is 1. The first-order valence-corrected chi connectivity index (χ1v) is 9.16. The summed E-state index contributed by atoms with van der Waals surface area (Å²) in [4.78, 5) is 23.2. The molecule has 8 heteroatoms. The van der Waals surface area contributed by atoms with E-state index in [1.54, 1.807) is 24.3 Å². The summed E-state index contributed by atoms with van der Waals surface area (Å²) < 4.78 is 5.36. The van der Waals surface area contributed by atoms with Crippen LogP contribution in [0.15, 0.2) is 24.3 Å². The molecule has 0 unspecified atom stereocenters. The number of rotatable bonds is 5. The van der Waals surface area contributed by atoms with E-state index >= 15 is 0 Å². The summed E-state index contributed by atoms with van der Waals surface area (Å²) in [5, 5.41) is 3.63. The third kappa shape index (κ3) is 5.59. The molecule has 1 saturated carbocycles. The predicted molar refractivity (Wildman–Crippen MR) is 103 cm³/mol. The third-order valence-electron chi connectivity index (χ3n) is 4.85. The predicted octanol–water partition coefficient (Wildman–Crippen LogP) is 1.48. The van der Waals surface area contributed by atoms with Crippen LogP contribution < -0.4 is 26.6 Å². The van der Waals surface area contributed by atoms with Gasteiger partial charge in [-0.1, -0.05) is 38.8 Å². The Labute approximate surface area is 159 Å². The number of hydrazine groups is 1. The Balaban J connectivity index is 1.75. The second-order valence-electron chi connectivity index (χ2n) is 6.67. The number of carbonyl (C=O) groups is 2. The number of para-hydroxylation sites is 1. The van der Waals surface area contributed by atoms with Crippen LogP contribution in [0.3, 0.4) is 0 Å². The van der Waals surface area contributed by atoms with Gasteiger partial charge in [-0.25, -0.2) is 0 Å². The highest BCUT2D eigenvalue weighted by atomic mass is 32.1. The van der Waals surface area contributed by atoms with Crippen LogP contribution in [0.4, 0.5) is 0 Å². The van der Waals surface area contributed by atoms with E-state index in [0.29, 0.717) is 23.0 Å². The molecule has 26 heavy (non-hydrogen) atoms. The lowest BCUT2D eigenvalue weighted by atomic mass is 9.78. The minimum atomic E-state index is -0.611. The molecule has 0 aromatic heterocycles. The maximum absolute atomic E-state index is 11.9. The van der Waals surface area contributed by atoms with E-state index in [0.717, 1.165) is 6.42 Å². The van der Waals surface area contributed by atoms with Crippen molar-refractivity contribution in [3.63, 3.8) is 0 Å². The normalized spacial score (nSPS) is 22.2. The number of primary amides is 1. The number of benzene rings is 1. The minimum Gasteiger partial charge on any atom is -0.483 e. The van der Waals surface area contributed by atoms with E-state index in [2.05, 4.69) is 30.0 Å². The highest BCUT2D eigenvalue weighted by molar-refractivity contribution is 7.80. The van der Waals surface area contributed by atoms with Gasteiger partial charge in [0.1, 0.15) is 5.75 Å². The zero-order valence-corrected chi connectivity index (χ0v) is 15.9. The summed E-state index contributed by atoms with van der Waals surface area (Å²) in [5.74, 6) is 0.407. The van der Waals surface area contributed by atoms with Crippen molar-refractivity contribution in [1.29, 1.82) is 0 Å². The summed E-state index contributed by atoms with van der Waals surface area (Å²) in [7, 11) is 0. The molecule has 3 atom stereocenters. The summed E-state index contributed by atoms with van der Waals surface area (Å²) in [6, 6.07) is 6.79. The van der Waals surface area contributed by atoms with Crippen LogP contribution in [0.5, 0.6) is 5.75 Å². The van der Waals surface area contributed by atoms with E-state index in [1.807, 2.05) is 0 Å². The molecule has 0 saturated heterocycles. The zero-order chi connectivity index (χ0) is 19.1. The van der Waals surface area contributed by atoms with Crippen LogP contribution in [0.1, 0.15) is 43.5 Å². The minimum absolute atomic E-state index is 0.228. The van der Waals surface area contributed by atoms with Gasteiger partial charge in [0.15, 0.2) is 11.7 Å². The highest BCUT2D eigenvalue weighted by Crippen LogP contribution is 2.29. The molecule has 142 valence electrons. The second-order valence-corrected chi connectivity index (χ2v) is 7.08. The van der Waals surface area contributed by atoms with Crippen molar-refractivity contribution in [3.05, 3.63) is 29.8 Å². The van der Waals surface area contributed by atoms with Gasteiger partial charge in [0.05, 0.1) is 5.56 Å². The van der Waals surface area contributed by atoms with Gasteiger partial charge >= 0.3 is 0 Å². The molecule has 1 aromatic rings. The average molecular weight is 378 g/mol. The molecule has 0 spiro atoms. The summed E-state index contributed by atoms with van der Waals surface area (Å²) >= 11 is 5.24. The standard InChI is InChI=1S/C18H26N4O3S/c1-11-6-5-8-14(12(11)2)20-18(26)22-21-16(23)10-25-15-9-4-3-7-13(15)17(19)24/h3-4,7,9,11-12,14H,5-6,8,10H2,1-2H3,(H2,19,24)(H,21,23)(H2,20,22,26)/t11-,12+,14+/m0/s1. The number of hydrogen-bond acceptors (Lipinski definition) is 4. The van der Waals surface area contributed by atoms with Gasteiger partial charge in [-0.3, -0.25) is 20.4 Å². The Morgan fingerprint density at radius 3 is 2.69 bits per heavy atom. The van der Waals surface area contributed by atoms with Crippen LogP contribution in [0.2, 0.25) is 0 Å². The smallest absolute Gasteiger partial charge is 0.276 e. The molecule has 2 amide bonds. The fourth-order valence-electron chi connectivity index (χ4n) is 3.09. The SMILES string of the molecule is C[C@@H]1[C@@H](C)CCC[C@H]1NC(=S)NNC(=O)COc1ccccc1C(N)=O. The molecule has 0 aliphatic heterocycles. The number of amides is 2. The maximum atomic E-state index is 11.9. The van der Waals surface area contributed by atoms with Crippen molar-refractivity contribution in [2.45, 2.75) is 39.2 Å². The molecule has 7 nitrogen and oxygen atoms in total. The van der Waals surface area contributed by atoms with Crippen LogP contribution in [-0.2, 0) is 4.79 Å². The molecule has 0 bridgehead atoms. The summed E-state index contributed by atoms with van der Waals surface area (Å²) in [6.45, 7) is 4.20. The van der Waals surface area contributed by atoms with Crippen molar-refractivity contribution in [2.75, 3.05) is 6.61 Å². The molecule has 2 rings (SSSR count). The Hall–Kier alpha value is -2.35. The molecule has 1 aromatic carbocycles.